The van der Waals surface area contributed by atoms with E-state index in [0.29, 0.717) is 5.92 Å². The molecule has 0 unspecified atom stereocenters. The predicted octanol–water partition coefficient (Wildman–Crippen LogP) is 1.93. The molecule has 0 radical (unpaired) electrons. The minimum Gasteiger partial charge on any atom is -0.355 e. The summed E-state index contributed by atoms with van der Waals surface area (Å²) in [6, 6.07) is 0. The fourth-order valence-electron chi connectivity index (χ4n) is 2.60. The van der Waals surface area contributed by atoms with Crippen molar-refractivity contribution >= 4 is 5.91 Å². The van der Waals surface area contributed by atoms with Crippen LogP contribution in [-0.4, -0.2) is 25.5 Å². The van der Waals surface area contributed by atoms with E-state index in [1.54, 1.807) is 0 Å². The molecule has 0 bridgehead atoms. The number of carbonyl (C=O) groups is 1. The van der Waals surface area contributed by atoms with E-state index in [9.17, 15) is 4.79 Å². The summed E-state index contributed by atoms with van der Waals surface area (Å²) in [6.45, 7) is 5.20. The average molecular weight is 238 g/mol. The van der Waals surface area contributed by atoms with Crippen molar-refractivity contribution in [2.45, 2.75) is 45.4 Å². The Morgan fingerprint density at radius 2 is 1.76 bits per heavy atom. The Morgan fingerprint density at radius 1 is 1.06 bits per heavy atom. The van der Waals surface area contributed by atoms with Gasteiger partial charge in [0.05, 0.1) is 0 Å². The smallest absolute Gasteiger partial charge is 0.223 e. The molecular weight excluding hydrogens is 212 g/mol. The molecule has 0 atom stereocenters. The van der Waals surface area contributed by atoms with Crippen molar-refractivity contribution in [2.24, 2.45) is 17.8 Å². The highest BCUT2D eigenvalue weighted by molar-refractivity contribution is 5.80. The zero-order chi connectivity index (χ0) is 12.1. The van der Waals surface area contributed by atoms with Gasteiger partial charge in [0.15, 0.2) is 0 Å². The summed E-state index contributed by atoms with van der Waals surface area (Å²) in [5.41, 5.74) is 0. The number of nitrogens with one attached hydrogen (secondary N) is 2. The van der Waals surface area contributed by atoms with Crippen molar-refractivity contribution in [3.63, 3.8) is 0 Å². The Hall–Kier alpha value is -0.570. The fraction of sp³-hybridized carbons (Fsp3) is 0.929. The summed E-state index contributed by atoms with van der Waals surface area (Å²) in [5.74, 6) is 2.41. The lowest BCUT2D eigenvalue weighted by Gasteiger charge is -2.26. The molecule has 0 aromatic rings. The summed E-state index contributed by atoms with van der Waals surface area (Å²) >= 11 is 0. The Labute approximate surface area is 105 Å². The van der Waals surface area contributed by atoms with Crippen LogP contribution in [0.2, 0.25) is 0 Å². The number of amides is 1. The van der Waals surface area contributed by atoms with Gasteiger partial charge >= 0.3 is 0 Å². The largest absolute Gasteiger partial charge is 0.355 e. The van der Waals surface area contributed by atoms with Crippen LogP contribution >= 0.6 is 0 Å². The molecule has 3 nitrogen and oxygen atoms in total. The van der Waals surface area contributed by atoms with Crippen LogP contribution in [0.3, 0.4) is 0 Å². The van der Waals surface area contributed by atoms with E-state index < -0.39 is 0 Å². The fourth-order valence-corrected chi connectivity index (χ4v) is 2.60. The van der Waals surface area contributed by atoms with Crippen molar-refractivity contribution < 1.29 is 4.79 Å². The van der Waals surface area contributed by atoms with Crippen molar-refractivity contribution in [3.8, 4) is 0 Å². The van der Waals surface area contributed by atoms with Gasteiger partial charge in [0.2, 0.25) is 5.91 Å². The quantitative estimate of drug-likeness (QED) is 0.694. The predicted molar refractivity (Wildman–Crippen MR) is 69.7 cm³/mol. The molecule has 0 aromatic carbocycles. The van der Waals surface area contributed by atoms with Gasteiger partial charge in [-0.2, -0.15) is 0 Å². The van der Waals surface area contributed by atoms with Gasteiger partial charge in [-0.1, -0.05) is 19.8 Å². The molecule has 2 aliphatic carbocycles. The van der Waals surface area contributed by atoms with Gasteiger partial charge in [-0.05, 0) is 44.1 Å². The Morgan fingerprint density at radius 3 is 2.41 bits per heavy atom. The molecule has 2 rings (SSSR count). The Balaban J connectivity index is 1.44. The lowest BCUT2D eigenvalue weighted by molar-refractivity contribution is -0.122. The van der Waals surface area contributed by atoms with Crippen molar-refractivity contribution in [3.05, 3.63) is 0 Å². The SMILES string of the molecule is CC1CCC(CNCCNC(=O)C2CC2)CC1. The second-order valence-electron chi connectivity index (χ2n) is 5.90. The van der Waals surface area contributed by atoms with E-state index in [1.165, 1.54) is 25.7 Å². The van der Waals surface area contributed by atoms with E-state index >= 15 is 0 Å². The molecule has 0 aliphatic heterocycles. The first-order chi connectivity index (χ1) is 8.25. The van der Waals surface area contributed by atoms with Crippen LogP contribution < -0.4 is 10.6 Å². The van der Waals surface area contributed by atoms with Crippen LogP contribution in [0.25, 0.3) is 0 Å². The molecule has 3 heteroatoms. The van der Waals surface area contributed by atoms with Gasteiger partial charge in [0.25, 0.3) is 0 Å². The topological polar surface area (TPSA) is 41.1 Å². The van der Waals surface area contributed by atoms with Crippen molar-refractivity contribution in [1.82, 2.24) is 10.6 Å². The van der Waals surface area contributed by atoms with Gasteiger partial charge in [0, 0.05) is 19.0 Å². The highest BCUT2D eigenvalue weighted by Gasteiger charge is 2.28. The number of carbonyl (C=O) groups excluding carboxylic acids is 1. The van der Waals surface area contributed by atoms with Gasteiger partial charge in [-0.3, -0.25) is 4.79 Å². The third-order valence-corrected chi connectivity index (χ3v) is 4.12. The summed E-state index contributed by atoms with van der Waals surface area (Å²) in [4.78, 5) is 11.4. The van der Waals surface area contributed by atoms with Gasteiger partial charge in [0.1, 0.15) is 0 Å². The van der Waals surface area contributed by atoms with E-state index in [4.69, 9.17) is 0 Å². The van der Waals surface area contributed by atoms with E-state index in [-0.39, 0.29) is 5.91 Å². The lowest BCUT2D eigenvalue weighted by atomic mass is 9.83. The first-order valence-electron chi connectivity index (χ1n) is 7.24. The molecule has 0 spiro atoms. The van der Waals surface area contributed by atoms with Crippen LogP contribution in [0.1, 0.15) is 45.4 Å². The number of hydrogen-bond acceptors (Lipinski definition) is 2. The van der Waals surface area contributed by atoms with Crippen LogP contribution in [0.15, 0.2) is 0 Å². The molecule has 0 saturated heterocycles. The summed E-state index contributed by atoms with van der Waals surface area (Å²) in [6.07, 6.45) is 7.74. The van der Waals surface area contributed by atoms with Gasteiger partial charge in [-0.15, -0.1) is 0 Å². The molecule has 0 heterocycles. The molecule has 2 saturated carbocycles. The molecule has 2 N–H and O–H groups in total. The summed E-state index contributed by atoms with van der Waals surface area (Å²) in [7, 11) is 0. The van der Waals surface area contributed by atoms with E-state index in [1.807, 2.05) is 0 Å². The third-order valence-electron chi connectivity index (χ3n) is 4.12. The molecular formula is C14H26N2O. The van der Waals surface area contributed by atoms with E-state index in [2.05, 4.69) is 17.6 Å². The monoisotopic (exact) mass is 238 g/mol. The maximum atomic E-state index is 11.4. The van der Waals surface area contributed by atoms with Gasteiger partial charge < -0.3 is 10.6 Å². The number of rotatable bonds is 6. The van der Waals surface area contributed by atoms with Crippen LogP contribution in [0, 0.1) is 17.8 Å². The lowest BCUT2D eigenvalue weighted by Crippen LogP contribution is -2.35. The Kier molecular flexibility index (Phi) is 4.84. The average Bonchev–Trinajstić information content (AvgIpc) is 3.15. The summed E-state index contributed by atoms with van der Waals surface area (Å²) in [5, 5.41) is 6.46. The Bertz CT molecular complexity index is 243. The first kappa shape index (κ1) is 12.9. The molecule has 2 fully saturated rings. The highest BCUT2D eigenvalue weighted by atomic mass is 16.2. The minimum absolute atomic E-state index is 0.262. The molecule has 98 valence electrons. The normalized spacial score (nSPS) is 29.0. The third kappa shape index (κ3) is 4.66. The van der Waals surface area contributed by atoms with Gasteiger partial charge in [-0.25, -0.2) is 0 Å². The molecule has 17 heavy (non-hydrogen) atoms. The van der Waals surface area contributed by atoms with Crippen LogP contribution in [-0.2, 0) is 4.79 Å². The van der Waals surface area contributed by atoms with Crippen LogP contribution in [0.4, 0.5) is 0 Å². The second kappa shape index (κ2) is 6.39. The van der Waals surface area contributed by atoms with E-state index in [0.717, 1.165) is 44.3 Å². The van der Waals surface area contributed by atoms with Crippen molar-refractivity contribution in [2.75, 3.05) is 19.6 Å². The maximum absolute atomic E-state index is 11.4. The molecule has 0 aromatic heterocycles. The molecule has 2 aliphatic rings. The van der Waals surface area contributed by atoms with Crippen molar-refractivity contribution in [1.29, 1.82) is 0 Å². The zero-order valence-electron chi connectivity index (χ0n) is 11.0. The van der Waals surface area contributed by atoms with Crippen LogP contribution in [0.5, 0.6) is 0 Å². The highest BCUT2D eigenvalue weighted by Crippen LogP contribution is 2.28. The first-order valence-corrected chi connectivity index (χ1v) is 7.24. The maximum Gasteiger partial charge on any atom is 0.223 e. The minimum atomic E-state index is 0.262. The zero-order valence-corrected chi connectivity index (χ0v) is 11.0. The second-order valence-corrected chi connectivity index (χ2v) is 5.90. The number of hydrogen-bond donors (Lipinski definition) is 2. The standard InChI is InChI=1S/C14H26N2O/c1-11-2-4-12(5-3-11)10-15-8-9-16-14(17)13-6-7-13/h11-13,15H,2-10H2,1H3,(H,16,17). The molecule has 1 amide bonds. The summed E-state index contributed by atoms with van der Waals surface area (Å²) < 4.78 is 0.